The average Bonchev–Trinajstić information content (AvgIpc) is 1.96. The molecule has 0 bridgehead atoms. The minimum absolute atomic E-state index is 0. The predicted molar refractivity (Wildman–Crippen MR) is 51.9 cm³/mol. The Kier molecular flexibility index (Phi) is 7.97. The maximum absolute atomic E-state index is 10.4. The number of hydrogen-bond donors (Lipinski definition) is 1. The first kappa shape index (κ1) is 15.7. The van der Waals surface area contributed by atoms with Crippen LogP contribution in [-0.2, 0) is 0 Å². The number of hydrogen-bond acceptors (Lipinski definition) is 2. The van der Waals surface area contributed by atoms with Crippen LogP contribution >= 0.6 is 0 Å². The summed E-state index contributed by atoms with van der Waals surface area (Å²) in [6.07, 6.45) is 0.770. The van der Waals surface area contributed by atoms with Crippen LogP contribution in [0.3, 0.4) is 0 Å². The van der Waals surface area contributed by atoms with E-state index >= 15 is 0 Å². The van der Waals surface area contributed by atoms with Crippen molar-refractivity contribution in [2.75, 3.05) is 5.73 Å². The van der Waals surface area contributed by atoms with Crippen molar-refractivity contribution in [1.82, 2.24) is 0 Å². The third-order valence-electron chi connectivity index (χ3n) is 1.66. The van der Waals surface area contributed by atoms with Crippen LogP contribution in [0, 0.1) is 21.3 Å². The molecule has 0 unspecified atom stereocenters. The fraction of sp³-hybridized carbons (Fsp3) is 0.100. The molecule has 13 heavy (non-hydrogen) atoms. The van der Waals surface area contributed by atoms with Crippen molar-refractivity contribution >= 4 is 12.0 Å². The van der Waals surface area contributed by atoms with Crippen molar-refractivity contribution in [3.8, 4) is 0 Å². The Morgan fingerprint density at radius 2 is 2.00 bits per heavy atom. The molecule has 1 aromatic rings. The van der Waals surface area contributed by atoms with Crippen LogP contribution in [0.4, 0.5) is 5.69 Å². The summed E-state index contributed by atoms with van der Waals surface area (Å²) >= 11 is 0. The molecule has 2 nitrogen and oxygen atoms in total. The van der Waals surface area contributed by atoms with E-state index in [2.05, 4.69) is 6.92 Å². The summed E-state index contributed by atoms with van der Waals surface area (Å²) in [6.45, 7) is 5.63. The number of nitrogen functional groups attached to an aromatic ring is 1. The Labute approximate surface area is 122 Å². The fourth-order valence-corrected chi connectivity index (χ4v) is 0.978. The third kappa shape index (κ3) is 3.83. The second-order valence-electron chi connectivity index (χ2n) is 2.52. The first-order valence-corrected chi connectivity index (χ1v) is 3.32. The molecule has 3 heteroatoms. The Bertz CT molecular complexity index is 297. The van der Waals surface area contributed by atoms with Gasteiger partial charge in [-0.3, -0.25) is 0 Å². The Morgan fingerprint density at radius 3 is 2.46 bits per heavy atom. The minimum Gasteiger partial charge on any atom is -0.400 e. The van der Waals surface area contributed by atoms with Crippen molar-refractivity contribution in [3.63, 3.8) is 0 Å². The van der Waals surface area contributed by atoms with Crippen LogP contribution in [0.15, 0.2) is 12.1 Å². The monoisotopic (exact) mass is 202 g/mol. The summed E-state index contributed by atoms with van der Waals surface area (Å²) < 4.78 is 0. The van der Waals surface area contributed by atoms with Gasteiger partial charge in [-0.1, -0.05) is 24.6 Å². The fourth-order valence-electron chi connectivity index (χ4n) is 0.978. The van der Waals surface area contributed by atoms with Gasteiger partial charge in [0.2, 0.25) is 0 Å². The molecule has 0 heterocycles. The van der Waals surface area contributed by atoms with Crippen molar-refractivity contribution in [2.45, 2.75) is 6.92 Å². The maximum Gasteiger partial charge on any atom is 1.00 e. The summed E-state index contributed by atoms with van der Waals surface area (Å²) in [5.74, 6) is 0. The van der Waals surface area contributed by atoms with Crippen molar-refractivity contribution < 1.29 is 56.2 Å². The standard InChI is InChI=1S/C9H10NO.CH3.K/c1-6-3-9(10)4-8(5-11)7(6)2;;/h3-5H,2,10H2,1H3;1H3;/q2*-1;+1. The van der Waals surface area contributed by atoms with E-state index in [0.29, 0.717) is 11.3 Å². The quantitative estimate of drug-likeness (QED) is 0.275. The molecule has 2 N–H and O–H groups in total. The minimum atomic E-state index is 0. The third-order valence-corrected chi connectivity index (χ3v) is 1.66. The zero-order chi connectivity index (χ0) is 8.43. The number of anilines is 1. The Hall–Kier alpha value is 0.196. The van der Waals surface area contributed by atoms with Crippen LogP contribution in [0.25, 0.3) is 0 Å². The van der Waals surface area contributed by atoms with E-state index in [1.54, 1.807) is 12.1 Å². The van der Waals surface area contributed by atoms with E-state index in [9.17, 15) is 4.79 Å². The smallest absolute Gasteiger partial charge is 0.400 e. The van der Waals surface area contributed by atoms with Gasteiger partial charge in [-0.05, 0) is 0 Å². The van der Waals surface area contributed by atoms with Gasteiger partial charge in [-0.2, -0.15) is 12.5 Å². The first-order valence-electron chi connectivity index (χ1n) is 3.32. The molecule has 0 saturated heterocycles. The Morgan fingerprint density at radius 1 is 1.46 bits per heavy atom. The molecule has 0 aliphatic carbocycles. The molecular formula is C10H13KNO-. The van der Waals surface area contributed by atoms with E-state index in [0.717, 1.165) is 17.4 Å². The van der Waals surface area contributed by atoms with Gasteiger partial charge in [0.1, 0.15) is 0 Å². The van der Waals surface area contributed by atoms with Crippen LogP contribution in [0.5, 0.6) is 0 Å². The molecule has 1 rings (SSSR count). The normalized spacial score (nSPS) is 8.08. The Balaban J connectivity index is 0. The van der Waals surface area contributed by atoms with Gasteiger partial charge in [-0.15, -0.1) is 5.56 Å². The molecular weight excluding hydrogens is 189 g/mol. The van der Waals surface area contributed by atoms with E-state index in [1.807, 2.05) is 6.92 Å². The maximum atomic E-state index is 10.4. The molecule has 0 atom stereocenters. The van der Waals surface area contributed by atoms with Crippen LogP contribution in [0.1, 0.15) is 21.5 Å². The van der Waals surface area contributed by atoms with Crippen molar-refractivity contribution in [2.24, 2.45) is 0 Å². The molecule has 0 saturated carbocycles. The van der Waals surface area contributed by atoms with E-state index in [1.165, 1.54) is 0 Å². The molecule has 0 aliphatic heterocycles. The number of aryl methyl sites for hydroxylation is 1. The molecule has 0 aromatic heterocycles. The van der Waals surface area contributed by atoms with Gasteiger partial charge in [0, 0.05) is 5.69 Å². The van der Waals surface area contributed by atoms with Gasteiger partial charge in [0.05, 0.1) is 6.29 Å². The van der Waals surface area contributed by atoms with E-state index in [4.69, 9.17) is 5.73 Å². The zero-order valence-electron chi connectivity index (χ0n) is 8.42. The summed E-state index contributed by atoms with van der Waals surface area (Å²) in [4.78, 5) is 10.4. The number of carbonyl (C=O) groups excluding carboxylic acids is 1. The summed E-state index contributed by atoms with van der Waals surface area (Å²) in [5.41, 5.74) is 8.41. The molecule has 1 aromatic carbocycles. The van der Waals surface area contributed by atoms with Crippen LogP contribution in [-0.4, -0.2) is 6.29 Å². The summed E-state index contributed by atoms with van der Waals surface area (Å²) in [7, 11) is 0. The van der Waals surface area contributed by atoms with Gasteiger partial charge in [0.25, 0.3) is 0 Å². The van der Waals surface area contributed by atoms with Gasteiger partial charge >= 0.3 is 51.4 Å². The van der Waals surface area contributed by atoms with Crippen LogP contribution in [0.2, 0.25) is 0 Å². The van der Waals surface area contributed by atoms with Crippen LogP contribution < -0.4 is 57.1 Å². The molecule has 66 valence electrons. The summed E-state index contributed by atoms with van der Waals surface area (Å²) in [5, 5.41) is 0. The number of carbonyl (C=O) groups is 1. The summed E-state index contributed by atoms with van der Waals surface area (Å²) in [6, 6.07) is 3.43. The van der Waals surface area contributed by atoms with Gasteiger partial charge in [0.15, 0.2) is 0 Å². The second kappa shape index (κ2) is 6.62. The second-order valence-corrected chi connectivity index (χ2v) is 2.52. The SMILES string of the molecule is [CH2-]c1c(C)cc(N)cc1C=O.[CH3-].[K+]. The van der Waals surface area contributed by atoms with Gasteiger partial charge in [-0.25, -0.2) is 0 Å². The van der Waals surface area contributed by atoms with Crippen molar-refractivity contribution in [1.29, 1.82) is 0 Å². The van der Waals surface area contributed by atoms with E-state index < -0.39 is 0 Å². The number of aldehydes is 1. The zero-order valence-corrected chi connectivity index (χ0v) is 11.5. The first-order chi connectivity index (χ1) is 5.15. The van der Waals surface area contributed by atoms with E-state index in [-0.39, 0.29) is 58.8 Å². The predicted octanol–water partition coefficient (Wildman–Crippen LogP) is -0.974. The average molecular weight is 202 g/mol. The molecule has 0 fully saturated rings. The molecule has 0 aliphatic rings. The number of rotatable bonds is 1. The largest absolute Gasteiger partial charge is 1.00 e. The topological polar surface area (TPSA) is 43.1 Å². The number of benzene rings is 1. The number of nitrogens with two attached hydrogens (primary N) is 1. The van der Waals surface area contributed by atoms with Gasteiger partial charge < -0.3 is 18.0 Å². The molecule has 0 spiro atoms. The molecule has 0 radical (unpaired) electrons. The van der Waals surface area contributed by atoms with Crippen molar-refractivity contribution in [3.05, 3.63) is 43.2 Å². The molecule has 0 amide bonds.